The van der Waals surface area contributed by atoms with Crippen LogP contribution in [0.1, 0.15) is 22.3 Å². The quantitative estimate of drug-likeness (QED) is 0.608. The first kappa shape index (κ1) is 15.6. The lowest BCUT2D eigenvalue weighted by Gasteiger charge is -2.17. The maximum absolute atomic E-state index is 13.2. The molecule has 1 aromatic carbocycles. The van der Waals surface area contributed by atoms with Crippen LogP contribution in [0.5, 0.6) is 0 Å². The van der Waals surface area contributed by atoms with Crippen LogP contribution in [0.4, 0.5) is 17.6 Å². The number of nitrogens with zero attached hydrogens (tertiary/aromatic N) is 1. The van der Waals surface area contributed by atoms with Gasteiger partial charge < -0.3 is 0 Å². The number of carbonyl (C=O) groups is 1. The number of hydrogen-bond acceptors (Lipinski definition) is 2. The number of rotatable bonds is 5. The van der Waals surface area contributed by atoms with Crippen molar-refractivity contribution in [3.8, 4) is 0 Å². The maximum Gasteiger partial charge on any atom is 0.401 e. The minimum absolute atomic E-state index is 0.0200. The molecule has 0 aliphatic rings. The number of hydrogen-bond donors (Lipinski definition) is 0. The van der Waals surface area contributed by atoms with Crippen molar-refractivity contribution < 1.29 is 22.4 Å². The van der Waals surface area contributed by atoms with Crippen molar-refractivity contribution in [2.75, 3.05) is 20.1 Å². The van der Waals surface area contributed by atoms with Crippen LogP contribution >= 0.6 is 0 Å². The average Bonchev–Trinajstić information content (AvgIpc) is 2.27. The Bertz CT molecular complexity index is 456. The molecule has 0 aliphatic carbocycles. The van der Waals surface area contributed by atoms with Gasteiger partial charge in [0.15, 0.2) is 5.78 Å². The third-order valence-electron chi connectivity index (χ3n) is 2.66. The minimum Gasteiger partial charge on any atom is -0.298 e. The molecule has 0 aromatic heterocycles. The highest BCUT2D eigenvalue weighted by atomic mass is 19.4. The number of ketones is 1. The van der Waals surface area contributed by atoms with Gasteiger partial charge >= 0.3 is 6.18 Å². The van der Waals surface area contributed by atoms with Crippen molar-refractivity contribution in [2.24, 2.45) is 0 Å². The van der Waals surface area contributed by atoms with E-state index in [1.54, 1.807) is 6.92 Å². The number of halogens is 4. The Balaban J connectivity index is 2.53. The van der Waals surface area contributed by atoms with Gasteiger partial charge in [-0.05, 0) is 25.6 Å². The molecular formula is C13H15F4NO. The van der Waals surface area contributed by atoms with Gasteiger partial charge in [-0.25, -0.2) is 4.39 Å². The lowest BCUT2D eigenvalue weighted by atomic mass is 10.1. The Morgan fingerprint density at radius 1 is 1.32 bits per heavy atom. The standard InChI is InChI=1S/C13H15F4NO/c1-9-3-4-10(7-11(9)14)12(19)5-6-18(2)8-13(15,16)17/h3-4,7H,5-6,8H2,1-2H3. The van der Waals surface area contributed by atoms with Gasteiger partial charge in [-0.2, -0.15) is 13.2 Å². The molecule has 1 aromatic rings. The van der Waals surface area contributed by atoms with Crippen molar-refractivity contribution in [3.63, 3.8) is 0 Å². The minimum atomic E-state index is -4.28. The van der Waals surface area contributed by atoms with E-state index < -0.39 is 18.5 Å². The zero-order valence-electron chi connectivity index (χ0n) is 10.7. The Morgan fingerprint density at radius 2 is 1.95 bits per heavy atom. The zero-order valence-corrected chi connectivity index (χ0v) is 10.7. The van der Waals surface area contributed by atoms with E-state index in [9.17, 15) is 22.4 Å². The summed E-state index contributed by atoms with van der Waals surface area (Å²) in [6.45, 7) is 0.483. The van der Waals surface area contributed by atoms with E-state index in [2.05, 4.69) is 0 Å². The molecule has 2 nitrogen and oxygen atoms in total. The van der Waals surface area contributed by atoms with E-state index >= 15 is 0 Å². The van der Waals surface area contributed by atoms with Crippen LogP contribution < -0.4 is 0 Å². The first-order valence-electron chi connectivity index (χ1n) is 5.73. The van der Waals surface area contributed by atoms with E-state index in [1.807, 2.05) is 0 Å². The molecule has 0 saturated heterocycles. The molecule has 1 rings (SSSR count). The fraction of sp³-hybridized carbons (Fsp3) is 0.462. The van der Waals surface area contributed by atoms with Crippen molar-refractivity contribution in [2.45, 2.75) is 19.5 Å². The molecule has 6 heteroatoms. The predicted octanol–water partition coefficient (Wildman–Crippen LogP) is 3.20. The third-order valence-corrected chi connectivity index (χ3v) is 2.66. The molecule has 0 atom stereocenters. The topological polar surface area (TPSA) is 20.3 Å². The van der Waals surface area contributed by atoms with Gasteiger partial charge in [-0.1, -0.05) is 12.1 Å². The van der Waals surface area contributed by atoms with Gasteiger partial charge in [0.2, 0.25) is 0 Å². The molecular weight excluding hydrogens is 262 g/mol. The van der Waals surface area contributed by atoms with Gasteiger partial charge in [0.25, 0.3) is 0 Å². The van der Waals surface area contributed by atoms with Crippen LogP contribution in [0.25, 0.3) is 0 Å². The number of carbonyl (C=O) groups excluding carboxylic acids is 1. The summed E-state index contributed by atoms with van der Waals surface area (Å²) in [4.78, 5) is 12.7. The molecule has 0 aliphatic heterocycles. The molecule has 0 radical (unpaired) electrons. The zero-order chi connectivity index (χ0) is 14.6. The van der Waals surface area contributed by atoms with Crippen molar-refractivity contribution in [1.29, 1.82) is 0 Å². The molecule has 106 valence electrons. The van der Waals surface area contributed by atoms with Gasteiger partial charge in [-0.3, -0.25) is 9.69 Å². The fourth-order valence-electron chi connectivity index (χ4n) is 1.59. The molecule has 0 N–H and O–H groups in total. The largest absolute Gasteiger partial charge is 0.401 e. The predicted molar refractivity (Wildman–Crippen MR) is 63.6 cm³/mol. The second-order valence-corrected chi connectivity index (χ2v) is 4.49. The van der Waals surface area contributed by atoms with Gasteiger partial charge in [-0.15, -0.1) is 0 Å². The Hall–Kier alpha value is -1.43. The summed E-state index contributed by atoms with van der Waals surface area (Å²) in [5, 5.41) is 0. The van der Waals surface area contributed by atoms with Crippen LogP contribution in [-0.2, 0) is 0 Å². The SMILES string of the molecule is Cc1ccc(C(=O)CCN(C)CC(F)(F)F)cc1F. The van der Waals surface area contributed by atoms with Crippen molar-refractivity contribution >= 4 is 5.78 Å². The molecule has 19 heavy (non-hydrogen) atoms. The van der Waals surface area contributed by atoms with Crippen LogP contribution in [0.3, 0.4) is 0 Å². The number of aryl methyl sites for hydroxylation is 1. The summed E-state index contributed by atoms with van der Waals surface area (Å²) in [5.74, 6) is -0.859. The Labute approximate surface area is 109 Å². The molecule has 0 bridgehead atoms. The van der Waals surface area contributed by atoms with Crippen molar-refractivity contribution in [3.05, 3.63) is 35.1 Å². The summed E-state index contributed by atoms with van der Waals surface area (Å²) < 4.78 is 49.5. The summed E-state index contributed by atoms with van der Waals surface area (Å²) >= 11 is 0. The summed E-state index contributed by atoms with van der Waals surface area (Å²) in [6.07, 6.45) is -4.36. The van der Waals surface area contributed by atoms with E-state index in [4.69, 9.17) is 0 Å². The van der Waals surface area contributed by atoms with Crippen LogP contribution in [0.2, 0.25) is 0 Å². The molecule has 0 amide bonds. The maximum atomic E-state index is 13.2. The monoisotopic (exact) mass is 277 g/mol. The normalized spacial score (nSPS) is 11.9. The van der Waals surface area contributed by atoms with E-state index in [0.717, 1.165) is 11.0 Å². The van der Waals surface area contributed by atoms with Crippen LogP contribution in [0.15, 0.2) is 18.2 Å². The highest BCUT2D eigenvalue weighted by Crippen LogP contribution is 2.16. The molecule has 0 fully saturated rings. The van der Waals surface area contributed by atoms with Crippen LogP contribution in [-0.4, -0.2) is 37.0 Å². The second kappa shape index (κ2) is 6.14. The summed E-state index contributed by atoms with van der Waals surface area (Å²) in [7, 11) is 1.29. The Kier molecular flexibility index (Phi) is 5.05. The number of benzene rings is 1. The van der Waals surface area contributed by atoms with E-state index in [0.29, 0.717) is 5.56 Å². The molecule has 0 saturated carbocycles. The van der Waals surface area contributed by atoms with Gasteiger partial charge in [0.1, 0.15) is 5.82 Å². The molecule has 0 heterocycles. The highest BCUT2D eigenvalue weighted by molar-refractivity contribution is 5.96. The number of Topliss-reactive ketones (excluding diaryl/α,β-unsaturated/α-hetero) is 1. The lowest BCUT2D eigenvalue weighted by molar-refractivity contribution is -0.142. The van der Waals surface area contributed by atoms with Gasteiger partial charge in [0.05, 0.1) is 6.54 Å². The van der Waals surface area contributed by atoms with Crippen molar-refractivity contribution in [1.82, 2.24) is 4.90 Å². The third kappa shape index (κ3) is 5.38. The molecule has 0 unspecified atom stereocenters. The molecule has 0 spiro atoms. The average molecular weight is 277 g/mol. The fourth-order valence-corrected chi connectivity index (χ4v) is 1.59. The van der Waals surface area contributed by atoms with Crippen LogP contribution in [0, 0.1) is 12.7 Å². The number of alkyl halides is 3. The summed E-state index contributed by atoms with van der Waals surface area (Å²) in [5.41, 5.74) is 0.606. The first-order valence-corrected chi connectivity index (χ1v) is 5.73. The summed E-state index contributed by atoms with van der Waals surface area (Å²) in [6, 6.07) is 4.06. The first-order chi connectivity index (χ1) is 8.69. The lowest BCUT2D eigenvalue weighted by Crippen LogP contribution is -2.32. The van der Waals surface area contributed by atoms with E-state index in [1.165, 1.54) is 19.2 Å². The highest BCUT2D eigenvalue weighted by Gasteiger charge is 2.29. The van der Waals surface area contributed by atoms with E-state index in [-0.39, 0.29) is 24.3 Å². The Morgan fingerprint density at radius 3 is 2.47 bits per heavy atom. The smallest absolute Gasteiger partial charge is 0.298 e. The van der Waals surface area contributed by atoms with Gasteiger partial charge in [0, 0.05) is 18.5 Å². The second-order valence-electron chi connectivity index (χ2n) is 4.49.